The fourth-order valence-corrected chi connectivity index (χ4v) is 2.74. The highest BCUT2D eigenvalue weighted by Crippen LogP contribution is 2.23. The second kappa shape index (κ2) is 6.39. The van der Waals surface area contributed by atoms with Crippen molar-refractivity contribution < 1.29 is 9.32 Å². The summed E-state index contributed by atoms with van der Waals surface area (Å²) >= 11 is 0. The monoisotopic (exact) mass is 324 g/mol. The van der Waals surface area contributed by atoms with Gasteiger partial charge in [0.15, 0.2) is 5.82 Å². The van der Waals surface area contributed by atoms with Crippen molar-refractivity contribution in [1.82, 2.24) is 20.4 Å². The highest BCUT2D eigenvalue weighted by Gasteiger charge is 2.21. The van der Waals surface area contributed by atoms with Crippen molar-refractivity contribution in [2.75, 3.05) is 0 Å². The highest BCUT2D eigenvalue weighted by molar-refractivity contribution is 6.06. The number of hydrogen-bond acceptors (Lipinski definition) is 5. The van der Waals surface area contributed by atoms with Crippen molar-refractivity contribution >= 4 is 16.8 Å². The van der Waals surface area contributed by atoms with E-state index in [2.05, 4.69) is 20.4 Å². The predicted octanol–water partition coefficient (Wildman–Crippen LogP) is 3.42. The normalized spacial score (nSPS) is 12.3. The quantitative estimate of drug-likeness (QED) is 0.795. The molecule has 0 radical (unpaired) electrons. The van der Waals surface area contributed by atoms with Crippen molar-refractivity contribution in [1.29, 1.82) is 0 Å². The number of para-hydroxylation sites is 1. The second-order valence-electron chi connectivity index (χ2n) is 5.90. The zero-order chi connectivity index (χ0) is 17.3. The number of nitrogens with one attached hydrogen (secondary N) is 1. The Morgan fingerprint density at radius 3 is 2.71 bits per heavy atom. The lowest BCUT2D eigenvalue weighted by molar-refractivity contribution is 0.0928. The van der Waals surface area contributed by atoms with E-state index >= 15 is 0 Å². The molecule has 3 rings (SSSR count). The minimum Gasteiger partial charge on any atom is -0.340 e. The standard InChI is InChI=1S/C18H20N4O2/c1-5-15(18-20-12(4)22-24-18)21-17(23)14-9-11(3)19-16-10(2)7-6-8-13(14)16/h6-9,15H,5H2,1-4H3,(H,21,23). The highest BCUT2D eigenvalue weighted by atomic mass is 16.5. The van der Waals surface area contributed by atoms with Crippen LogP contribution in [0.3, 0.4) is 0 Å². The van der Waals surface area contributed by atoms with Gasteiger partial charge in [-0.3, -0.25) is 9.78 Å². The van der Waals surface area contributed by atoms with Crippen molar-refractivity contribution in [2.45, 2.75) is 40.2 Å². The number of benzene rings is 1. The fourth-order valence-electron chi connectivity index (χ4n) is 2.74. The molecular formula is C18H20N4O2. The molecular weight excluding hydrogens is 304 g/mol. The molecule has 0 fully saturated rings. The minimum absolute atomic E-state index is 0.168. The molecule has 1 unspecified atom stereocenters. The number of aryl methyl sites for hydroxylation is 3. The first kappa shape index (κ1) is 16.1. The van der Waals surface area contributed by atoms with Gasteiger partial charge in [-0.1, -0.05) is 30.3 Å². The Hall–Kier alpha value is -2.76. The molecule has 0 saturated carbocycles. The van der Waals surface area contributed by atoms with Crippen LogP contribution in [-0.4, -0.2) is 21.0 Å². The van der Waals surface area contributed by atoms with Crippen molar-refractivity contribution in [3.05, 3.63) is 52.8 Å². The Morgan fingerprint density at radius 1 is 1.25 bits per heavy atom. The lowest BCUT2D eigenvalue weighted by Gasteiger charge is -2.15. The molecule has 1 aromatic carbocycles. The summed E-state index contributed by atoms with van der Waals surface area (Å²) in [5, 5.41) is 7.62. The van der Waals surface area contributed by atoms with Crippen LogP contribution < -0.4 is 5.32 Å². The van der Waals surface area contributed by atoms with Crippen LogP contribution >= 0.6 is 0 Å². The number of rotatable bonds is 4. The van der Waals surface area contributed by atoms with E-state index in [4.69, 9.17) is 4.52 Å². The molecule has 0 spiro atoms. The van der Waals surface area contributed by atoms with Crippen LogP contribution in [-0.2, 0) is 0 Å². The van der Waals surface area contributed by atoms with E-state index in [-0.39, 0.29) is 11.9 Å². The predicted molar refractivity (Wildman–Crippen MR) is 90.8 cm³/mol. The molecule has 124 valence electrons. The van der Waals surface area contributed by atoms with Gasteiger partial charge in [0.2, 0.25) is 5.89 Å². The number of aromatic nitrogens is 3. The van der Waals surface area contributed by atoms with E-state index in [9.17, 15) is 4.79 Å². The summed E-state index contributed by atoms with van der Waals surface area (Å²) in [6, 6.07) is 7.34. The van der Waals surface area contributed by atoms with E-state index in [1.807, 2.05) is 45.0 Å². The average molecular weight is 324 g/mol. The Morgan fingerprint density at radius 2 is 2.04 bits per heavy atom. The van der Waals surface area contributed by atoms with Gasteiger partial charge in [-0.15, -0.1) is 0 Å². The number of amides is 1. The summed E-state index contributed by atoms with van der Waals surface area (Å²) in [5.74, 6) is 0.812. The Balaban J connectivity index is 1.98. The molecule has 2 aromatic heterocycles. The number of carbonyl (C=O) groups excluding carboxylic acids is 1. The van der Waals surface area contributed by atoms with Gasteiger partial charge in [0.05, 0.1) is 11.1 Å². The van der Waals surface area contributed by atoms with Crippen LogP contribution in [0.25, 0.3) is 10.9 Å². The Kier molecular flexibility index (Phi) is 4.29. The molecule has 1 amide bonds. The zero-order valence-corrected chi connectivity index (χ0v) is 14.3. The zero-order valence-electron chi connectivity index (χ0n) is 14.3. The van der Waals surface area contributed by atoms with Gasteiger partial charge in [-0.05, 0) is 38.8 Å². The molecule has 0 aliphatic heterocycles. The topological polar surface area (TPSA) is 80.9 Å². The number of carbonyl (C=O) groups is 1. The van der Waals surface area contributed by atoms with Gasteiger partial charge < -0.3 is 9.84 Å². The van der Waals surface area contributed by atoms with Gasteiger partial charge in [0.25, 0.3) is 5.91 Å². The smallest absolute Gasteiger partial charge is 0.252 e. The first-order chi connectivity index (χ1) is 11.5. The lowest BCUT2D eigenvalue weighted by atomic mass is 10.0. The summed E-state index contributed by atoms with van der Waals surface area (Å²) in [4.78, 5) is 21.6. The van der Waals surface area contributed by atoms with E-state index in [0.29, 0.717) is 23.7 Å². The van der Waals surface area contributed by atoms with Crippen LogP contribution in [0.2, 0.25) is 0 Å². The molecule has 3 aromatic rings. The van der Waals surface area contributed by atoms with Crippen LogP contribution in [0.4, 0.5) is 0 Å². The van der Waals surface area contributed by atoms with Gasteiger partial charge in [-0.2, -0.15) is 4.98 Å². The molecule has 1 N–H and O–H groups in total. The largest absolute Gasteiger partial charge is 0.340 e. The SMILES string of the molecule is CCC(NC(=O)c1cc(C)nc2c(C)cccc12)c1nc(C)no1. The van der Waals surface area contributed by atoms with Crippen molar-refractivity contribution in [2.24, 2.45) is 0 Å². The molecule has 24 heavy (non-hydrogen) atoms. The van der Waals surface area contributed by atoms with E-state index in [1.165, 1.54) is 0 Å². The van der Waals surface area contributed by atoms with Gasteiger partial charge in [0.1, 0.15) is 6.04 Å². The number of fused-ring (bicyclic) bond motifs is 1. The van der Waals surface area contributed by atoms with Gasteiger partial charge in [-0.25, -0.2) is 0 Å². The molecule has 0 aliphatic carbocycles. The van der Waals surface area contributed by atoms with Crippen LogP contribution in [0.1, 0.15) is 52.7 Å². The molecule has 0 aliphatic rings. The van der Waals surface area contributed by atoms with Gasteiger partial charge >= 0.3 is 0 Å². The summed E-state index contributed by atoms with van der Waals surface area (Å²) in [5.41, 5.74) is 3.31. The van der Waals surface area contributed by atoms with E-state index in [0.717, 1.165) is 22.2 Å². The third-order valence-corrected chi connectivity index (χ3v) is 3.97. The Bertz CT molecular complexity index is 901. The molecule has 2 heterocycles. The number of pyridine rings is 1. The second-order valence-corrected chi connectivity index (χ2v) is 5.90. The first-order valence-electron chi connectivity index (χ1n) is 7.97. The third-order valence-electron chi connectivity index (χ3n) is 3.97. The maximum Gasteiger partial charge on any atom is 0.252 e. The maximum atomic E-state index is 12.8. The lowest BCUT2D eigenvalue weighted by Crippen LogP contribution is -2.28. The minimum atomic E-state index is -0.313. The van der Waals surface area contributed by atoms with E-state index in [1.54, 1.807) is 6.92 Å². The first-order valence-corrected chi connectivity index (χ1v) is 7.97. The summed E-state index contributed by atoms with van der Waals surface area (Å²) in [6.45, 7) is 7.60. The fraction of sp³-hybridized carbons (Fsp3) is 0.333. The molecule has 0 saturated heterocycles. The molecule has 6 nitrogen and oxygen atoms in total. The van der Waals surface area contributed by atoms with Crippen LogP contribution in [0, 0.1) is 20.8 Å². The maximum absolute atomic E-state index is 12.8. The van der Waals surface area contributed by atoms with Crippen LogP contribution in [0.5, 0.6) is 0 Å². The van der Waals surface area contributed by atoms with Gasteiger partial charge in [0, 0.05) is 11.1 Å². The summed E-state index contributed by atoms with van der Waals surface area (Å²) < 4.78 is 5.20. The number of nitrogens with zero attached hydrogens (tertiary/aromatic N) is 3. The average Bonchev–Trinajstić information content (AvgIpc) is 2.99. The molecule has 0 bridgehead atoms. The summed E-state index contributed by atoms with van der Waals surface area (Å²) in [6.07, 6.45) is 0.661. The Labute approximate surface area is 140 Å². The number of hydrogen-bond donors (Lipinski definition) is 1. The summed E-state index contributed by atoms with van der Waals surface area (Å²) in [7, 11) is 0. The molecule has 1 atom stereocenters. The van der Waals surface area contributed by atoms with Crippen molar-refractivity contribution in [3.8, 4) is 0 Å². The van der Waals surface area contributed by atoms with Crippen molar-refractivity contribution in [3.63, 3.8) is 0 Å². The third kappa shape index (κ3) is 2.99. The van der Waals surface area contributed by atoms with E-state index < -0.39 is 0 Å². The van der Waals surface area contributed by atoms with Crippen LogP contribution in [0.15, 0.2) is 28.8 Å². The molecule has 6 heteroatoms.